The van der Waals surface area contributed by atoms with Crippen LogP contribution in [-0.2, 0) is 4.74 Å². The molecule has 0 radical (unpaired) electrons. The van der Waals surface area contributed by atoms with Gasteiger partial charge in [0.1, 0.15) is 12.4 Å². The molecule has 1 aliphatic rings. The lowest BCUT2D eigenvalue weighted by atomic mass is 9.92. The van der Waals surface area contributed by atoms with Crippen LogP contribution in [0.4, 0.5) is 0 Å². The summed E-state index contributed by atoms with van der Waals surface area (Å²) in [5.41, 5.74) is 6.50. The first-order chi connectivity index (χ1) is 11.0. The van der Waals surface area contributed by atoms with Crippen molar-refractivity contribution in [1.29, 1.82) is 0 Å². The Balaban J connectivity index is 2.15. The Morgan fingerprint density at radius 3 is 2.96 bits per heavy atom. The van der Waals surface area contributed by atoms with Crippen molar-refractivity contribution in [1.82, 2.24) is 4.90 Å². The Morgan fingerprint density at radius 2 is 2.26 bits per heavy atom. The average molecular weight is 341 g/mol. The van der Waals surface area contributed by atoms with Gasteiger partial charge < -0.3 is 20.1 Å². The summed E-state index contributed by atoms with van der Waals surface area (Å²) in [6.45, 7) is 4.28. The highest BCUT2D eigenvalue weighted by molar-refractivity contribution is 6.31. The zero-order chi connectivity index (χ0) is 16.8. The number of methoxy groups -OCH3 is 1. The Kier molecular flexibility index (Phi) is 6.69. The molecule has 0 spiro atoms. The topological polar surface area (TPSA) is 64.8 Å². The van der Waals surface area contributed by atoms with E-state index in [1.807, 2.05) is 11.8 Å². The van der Waals surface area contributed by atoms with E-state index in [1.54, 1.807) is 25.3 Å². The van der Waals surface area contributed by atoms with Crippen LogP contribution in [-0.4, -0.2) is 50.3 Å². The minimum Gasteiger partial charge on any atom is -0.490 e. The van der Waals surface area contributed by atoms with E-state index < -0.39 is 0 Å². The van der Waals surface area contributed by atoms with Gasteiger partial charge >= 0.3 is 0 Å². The second kappa shape index (κ2) is 8.52. The van der Waals surface area contributed by atoms with Crippen LogP contribution in [0.15, 0.2) is 18.2 Å². The fourth-order valence-electron chi connectivity index (χ4n) is 2.82. The van der Waals surface area contributed by atoms with Crippen molar-refractivity contribution >= 4 is 17.5 Å². The minimum absolute atomic E-state index is 0.0507. The fourth-order valence-corrected chi connectivity index (χ4v) is 3.00. The lowest BCUT2D eigenvalue weighted by Gasteiger charge is -2.35. The summed E-state index contributed by atoms with van der Waals surface area (Å²) in [6, 6.07) is 5.21. The summed E-state index contributed by atoms with van der Waals surface area (Å²) in [7, 11) is 1.61. The second-order valence-electron chi connectivity index (χ2n) is 5.99. The molecular weight excluding hydrogens is 316 g/mol. The predicted molar refractivity (Wildman–Crippen MR) is 91.1 cm³/mol. The molecule has 0 bridgehead atoms. The first-order valence-corrected chi connectivity index (χ1v) is 8.37. The highest BCUT2D eigenvalue weighted by Gasteiger charge is 2.28. The number of piperidine rings is 1. The number of carbonyl (C=O) groups is 1. The lowest BCUT2D eigenvalue weighted by Crippen LogP contribution is -2.45. The maximum Gasteiger partial charge on any atom is 0.257 e. The van der Waals surface area contributed by atoms with Gasteiger partial charge in [0, 0.05) is 31.3 Å². The molecule has 1 aromatic rings. The smallest absolute Gasteiger partial charge is 0.257 e. The zero-order valence-corrected chi connectivity index (χ0v) is 14.5. The van der Waals surface area contributed by atoms with Crippen LogP contribution in [0.1, 0.15) is 30.1 Å². The third-order valence-corrected chi connectivity index (χ3v) is 4.44. The molecule has 5 nitrogen and oxygen atoms in total. The van der Waals surface area contributed by atoms with Gasteiger partial charge in [-0.15, -0.1) is 0 Å². The molecule has 2 rings (SSSR count). The van der Waals surface area contributed by atoms with Crippen molar-refractivity contribution in [2.45, 2.75) is 25.8 Å². The molecule has 1 fully saturated rings. The van der Waals surface area contributed by atoms with Crippen LogP contribution in [0.25, 0.3) is 0 Å². The summed E-state index contributed by atoms with van der Waals surface area (Å²) >= 11 is 6.07. The fraction of sp³-hybridized carbons (Fsp3) is 0.588. The van der Waals surface area contributed by atoms with E-state index in [0.717, 1.165) is 19.4 Å². The van der Waals surface area contributed by atoms with Gasteiger partial charge in [0.15, 0.2) is 0 Å². The number of benzene rings is 1. The van der Waals surface area contributed by atoms with E-state index in [4.69, 9.17) is 26.8 Å². The number of hydrogen-bond donors (Lipinski definition) is 1. The number of nitrogens with zero attached hydrogens (tertiary/aromatic N) is 1. The largest absolute Gasteiger partial charge is 0.490 e. The number of ether oxygens (including phenoxy) is 2. The molecule has 0 aliphatic carbocycles. The Labute approximate surface area is 142 Å². The van der Waals surface area contributed by atoms with Crippen molar-refractivity contribution in [2.24, 2.45) is 11.7 Å². The Bertz CT molecular complexity index is 537. The number of hydrogen-bond acceptors (Lipinski definition) is 4. The van der Waals surface area contributed by atoms with Crippen molar-refractivity contribution in [3.05, 3.63) is 28.8 Å². The third-order valence-electron chi connectivity index (χ3n) is 4.21. The zero-order valence-electron chi connectivity index (χ0n) is 13.8. The summed E-state index contributed by atoms with van der Waals surface area (Å²) in [4.78, 5) is 14.7. The molecule has 2 atom stereocenters. The van der Waals surface area contributed by atoms with E-state index >= 15 is 0 Å². The van der Waals surface area contributed by atoms with Crippen molar-refractivity contribution in [3.8, 4) is 5.75 Å². The molecule has 1 heterocycles. The molecule has 1 saturated heterocycles. The monoisotopic (exact) mass is 340 g/mol. The molecule has 1 aliphatic heterocycles. The number of nitrogens with two attached hydrogens (primary N) is 1. The van der Waals surface area contributed by atoms with E-state index in [1.165, 1.54) is 0 Å². The molecule has 128 valence electrons. The van der Waals surface area contributed by atoms with Crippen molar-refractivity contribution < 1.29 is 14.3 Å². The standard InChI is InChI=1S/C17H25ClN2O3/c1-12(19)13-4-3-7-20(11-13)17(21)15-10-14(18)5-6-16(15)23-9-8-22-2/h5-6,10,12-13H,3-4,7-9,11,19H2,1-2H3/t12-,13-/m0/s1. The maximum absolute atomic E-state index is 12.9. The highest BCUT2D eigenvalue weighted by Crippen LogP contribution is 2.27. The summed E-state index contributed by atoms with van der Waals surface area (Å²) in [6.07, 6.45) is 2.03. The lowest BCUT2D eigenvalue weighted by molar-refractivity contribution is 0.0654. The minimum atomic E-state index is -0.0507. The van der Waals surface area contributed by atoms with Gasteiger partial charge in [-0.2, -0.15) is 0 Å². The molecule has 1 aromatic carbocycles. The van der Waals surface area contributed by atoms with Gasteiger partial charge in [-0.1, -0.05) is 11.6 Å². The molecule has 6 heteroatoms. The molecule has 0 unspecified atom stereocenters. The number of rotatable bonds is 6. The predicted octanol–water partition coefficient (Wildman–Crippen LogP) is 2.56. The first kappa shape index (κ1) is 18.0. The molecule has 23 heavy (non-hydrogen) atoms. The molecule has 1 amide bonds. The average Bonchev–Trinajstić information content (AvgIpc) is 2.55. The Morgan fingerprint density at radius 1 is 1.48 bits per heavy atom. The van der Waals surface area contributed by atoms with Gasteiger partial charge in [-0.05, 0) is 43.9 Å². The number of carbonyl (C=O) groups excluding carboxylic acids is 1. The SMILES string of the molecule is COCCOc1ccc(Cl)cc1C(=O)N1CCC[C@H]([C@H](C)N)C1. The van der Waals surface area contributed by atoms with Gasteiger partial charge in [0.2, 0.25) is 0 Å². The normalized spacial score (nSPS) is 19.5. The van der Waals surface area contributed by atoms with E-state index in [-0.39, 0.29) is 11.9 Å². The Hall–Kier alpha value is -1.30. The van der Waals surface area contributed by atoms with Crippen molar-refractivity contribution in [2.75, 3.05) is 33.4 Å². The highest BCUT2D eigenvalue weighted by atomic mass is 35.5. The molecule has 2 N–H and O–H groups in total. The number of likely N-dealkylation sites (tertiary alicyclic amines) is 1. The van der Waals surface area contributed by atoms with Crippen LogP contribution in [0.5, 0.6) is 5.75 Å². The second-order valence-corrected chi connectivity index (χ2v) is 6.43. The molecular formula is C17H25ClN2O3. The molecule has 0 saturated carbocycles. The van der Waals surface area contributed by atoms with Crippen LogP contribution in [0.3, 0.4) is 0 Å². The maximum atomic E-state index is 12.9. The van der Waals surface area contributed by atoms with Gasteiger partial charge in [0.05, 0.1) is 12.2 Å². The molecule has 0 aromatic heterocycles. The van der Waals surface area contributed by atoms with Gasteiger partial charge in [-0.25, -0.2) is 0 Å². The first-order valence-electron chi connectivity index (χ1n) is 7.99. The summed E-state index contributed by atoms with van der Waals surface area (Å²) in [5, 5.41) is 0.521. The van der Waals surface area contributed by atoms with Crippen molar-refractivity contribution in [3.63, 3.8) is 0 Å². The van der Waals surface area contributed by atoms with Gasteiger partial charge in [0.25, 0.3) is 5.91 Å². The van der Waals surface area contributed by atoms with E-state index in [0.29, 0.717) is 42.0 Å². The van der Waals surface area contributed by atoms with Crippen LogP contribution < -0.4 is 10.5 Å². The van der Waals surface area contributed by atoms with Crippen LogP contribution in [0, 0.1) is 5.92 Å². The van der Waals surface area contributed by atoms with E-state index in [2.05, 4.69) is 0 Å². The summed E-state index contributed by atoms with van der Waals surface area (Å²) in [5.74, 6) is 0.828. The van der Waals surface area contributed by atoms with Crippen LogP contribution in [0.2, 0.25) is 5.02 Å². The number of halogens is 1. The summed E-state index contributed by atoms with van der Waals surface area (Å²) < 4.78 is 10.6. The van der Waals surface area contributed by atoms with Gasteiger partial charge in [-0.3, -0.25) is 4.79 Å². The number of amides is 1. The van der Waals surface area contributed by atoms with E-state index in [9.17, 15) is 4.79 Å². The quantitative estimate of drug-likeness (QED) is 0.808. The third kappa shape index (κ3) is 4.83. The van der Waals surface area contributed by atoms with Crippen LogP contribution >= 0.6 is 11.6 Å².